The lowest BCUT2D eigenvalue weighted by atomic mass is 10.1. The normalized spacial score (nSPS) is 17.7. The van der Waals surface area contributed by atoms with Crippen molar-refractivity contribution in [3.63, 3.8) is 0 Å². The topological polar surface area (TPSA) is 52.6 Å². The Balaban J connectivity index is 1.99. The zero-order valence-corrected chi connectivity index (χ0v) is 10.7. The molecule has 0 unspecified atom stereocenters. The lowest BCUT2D eigenvalue weighted by Gasteiger charge is -2.29. The SMILES string of the molecule is CNC(=O)c1cccc(CN2CCC(O)CC2)c1. The lowest BCUT2D eigenvalue weighted by Crippen LogP contribution is -2.35. The molecule has 2 rings (SSSR count). The van der Waals surface area contributed by atoms with E-state index in [1.165, 1.54) is 0 Å². The van der Waals surface area contributed by atoms with Gasteiger partial charge in [0.2, 0.25) is 0 Å². The average Bonchev–Trinajstić information content (AvgIpc) is 2.41. The number of hydrogen-bond acceptors (Lipinski definition) is 3. The molecule has 1 amide bonds. The van der Waals surface area contributed by atoms with Crippen molar-refractivity contribution in [2.24, 2.45) is 0 Å². The summed E-state index contributed by atoms with van der Waals surface area (Å²) in [5.41, 5.74) is 1.85. The number of aliphatic hydroxyl groups excluding tert-OH is 1. The summed E-state index contributed by atoms with van der Waals surface area (Å²) < 4.78 is 0. The van der Waals surface area contributed by atoms with Gasteiger partial charge in [-0.15, -0.1) is 0 Å². The second-order valence-electron chi connectivity index (χ2n) is 4.79. The van der Waals surface area contributed by atoms with Crippen molar-refractivity contribution in [1.29, 1.82) is 0 Å². The monoisotopic (exact) mass is 248 g/mol. The fourth-order valence-electron chi connectivity index (χ4n) is 2.29. The molecule has 1 fully saturated rings. The largest absolute Gasteiger partial charge is 0.393 e. The minimum absolute atomic E-state index is 0.0501. The summed E-state index contributed by atoms with van der Waals surface area (Å²) >= 11 is 0. The molecule has 1 heterocycles. The molecule has 1 aromatic carbocycles. The molecule has 0 aliphatic carbocycles. The minimum Gasteiger partial charge on any atom is -0.393 e. The van der Waals surface area contributed by atoms with Gasteiger partial charge in [0.25, 0.3) is 5.91 Å². The van der Waals surface area contributed by atoms with Gasteiger partial charge in [-0.25, -0.2) is 0 Å². The van der Waals surface area contributed by atoms with Gasteiger partial charge in [-0.1, -0.05) is 12.1 Å². The highest BCUT2D eigenvalue weighted by Crippen LogP contribution is 2.14. The van der Waals surface area contributed by atoms with Gasteiger partial charge in [0.15, 0.2) is 0 Å². The molecular formula is C14H20N2O2. The Morgan fingerprint density at radius 2 is 2.17 bits per heavy atom. The summed E-state index contributed by atoms with van der Waals surface area (Å²) in [6.45, 7) is 2.69. The van der Waals surface area contributed by atoms with Crippen molar-refractivity contribution in [2.45, 2.75) is 25.5 Å². The molecular weight excluding hydrogens is 228 g/mol. The predicted molar refractivity (Wildman–Crippen MR) is 70.4 cm³/mol. The van der Waals surface area contributed by atoms with Crippen LogP contribution in [0.25, 0.3) is 0 Å². The highest BCUT2D eigenvalue weighted by atomic mass is 16.3. The first-order valence-electron chi connectivity index (χ1n) is 6.40. The number of rotatable bonds is 3. The van der Waals surface area contributed by atoms with Crippen LogP contribution in [-0.2, 0) is 6.54 Å². The Morgan fingerprint density at radius 1 is 1.44 bits per heavy atom. The zero-order chi connectivity index (χ0) is 13.0. The van der Waals surface area contributed by atoms with Gasteiger partial charge in [-0.05, 0) is 30.5 Å². The first-order chi connectivity index (χ1) is 8.69. The van der Waals surface area contributed by atoms with Gasteiger partial charge in [-0.3, -0.25) is 9.69 Å². The van der Waals surface area contributed by atoms with Gasteiger partial charge in [0.1, 0.15) is 0 Å². The van der Waals surface area contributed by atoms with Crippen molar-refractivity contribution in [2.75, 3.05) is 20.1 Å². The number of likely N-dealkylation sites (tertiary alicyclic amines) is 1. The van der Waals surface area contributed by atoms with E-state index in [2.05, 4.69) is 10.2 Å². The number of amides is 1. The van der Waals surface area contributed by atoms with Crippen LogP contribution in [0.15, 0.2) is 24.3 Å². The van der Waals surface area contributed by atoms with Crippen molar-refractivity contribution < 1.29 is 9.90 Å². The average molecular weight is 248 g/mol. The molecule has 0 spiro atoms. The van der Waals surface area contributed by atoms with E-state index >= 15 is 0 Å². The van der Waals surface area contributed by atoms with Crippen LogP contribution in [0.2, 0.25) is 0 Å². The predicted octanol–water partition coefficient (Wildman–Crippen LogP) is 1.00. The maximum atomic E-state index is 11.5. The third kappa shape index (κ3) is 3.31. The van der Waals surface area contributed by atoms with Crippen LogP contribution in [-0.4, -0.2) is 42.2 Å². The molecule has 98 valence electrons. The molecule has 0 atom stereocenters. The second-order valence-corrected chi connectivity index (χ2v) is 4.79. The lowest BCUT2D eigenvalue weighted by molar-refractivity contribution is 0.0792. The zero-order valence-electron chi connectivity index (χ0n) is 10.7. The first-order valence-corrected chi connectivity index (χ1v) is 6.40. The molecule has 0 bridgehead atoms. The number of benzene rings is 1. The quantitative estimate of drug-likeness (QED) is 0.839. The van der Waals surface area contributed by atoms with Crippen LogP contribution < -0.4 is 5.32 Å². The molecule has 0 radical (unpaired) electrons. The van der Waals surface area contributed by atoms with E-state index in [1.807, 2.05) is 24.3 Å². The summed E-state index contributed by atoms with van der Waals surface area (Å²) in [6.07, 6.45) is 1.54. The summed E-state index contributed by atoms with van der Waals surface area (Å²) in [4.78, 5) is 13.9. The second kappa shape index (κ2) is 5.98. The number of carbonyl (C=O) groups is 1. The third-order valence-corrected chi connectivity index (χ3v) is 3.38. The van der Waals surface area contributed by atoms with E-state index in [9.17, 15) is 9.90 Å². The van der Waals surface area contributed by atoms with Crippen molar-refractivity contribution in [3.8, 4) is 0 Å². The summed E-state index contributed by atoms with van der Waals surface area (Å²) in [5, 5.41) is 12.1. The highest BCUT2D eigenvalue weighted by Gasteiger charge is 2.17. The van der Waals surface area contributed by atoms with Crippen molar-refractivity contribution in [3.05, 3.63) is 35.4 Å². The van der Waals surface area contributed by atoms with Gasteiger partial charge < -0.3 is 10.4 Å². The highest BCUT2D eigenvalue weighted by molar-refractivity contribution is 5.94. The fraction of sp³-hybridized carbons (Fsp3) is 0.500. The van der Waals surface area contributed by atoms with Gasteiger partial charge in [-0.2, -0.15) is 0 Å². The van der Waals surface area contributed by atoms with E-state index in [4.69, 9.17) is 0 Å². The molecule has 2 N–H and O–H groups in total. The number of hydrogen-bond donors (Lipinski definition) is 2. The van der Waals surface area contributed by atoms with E-state index in [0.29, 0.717) is 5.56 Å². The Morgan fingerprint density at radius 3 is 2.83 bits per heavy atom. The Bertz CT molecular complexity index is 412. The number of nitrogens with one attached hydrogen (secondary N) is 1. The Kier molecular flexibility index (Phi) is 4.33. The standard InChI is InChI=1S/C14H20N2O2/c1-15-14(18)12-4-2-3-11(9-12)10-16-7-5-13(17)6-8-16/h2-4,9,13,17H,5-8,10H2,1H3,(H,15,18). The Hall–Kier alpha value is -1.39. The van der Waals surface area contributed by atoms with Crippen LogP contribution in [0.4, 0.5) is 0 Å². The van der Waals surface area contributed by atoms with E-state index in [0.717, 1.165) is 38.0 Å². The van der Waals surface area contributed by atoms with E-state index < -0.39 is 0 Å². The molecule has 0 aromatic heterocycles. The van der Waals surface area contributed by atoms with Crippen molar-refractivity contribution >= 4 is 5.91 Å². The van der Waals surface area contributed by atoms with Crippen LogP contribution in [0, 0.1) is 0 Å². The number of nitrogens with zero attached hydrogens (tertiary/aromatic N) is 1. The summed E-state index contributed by atoms with van der Waals surface area (Å²) in [7, 11) is 1.64. The maximum Gasteiger partial charge on any atom is 0.251 e. The molecule has 1 aliphatic rings. The number of carbonyl (C=O) groups excluding carboxylic acids is 1. The molecule has 0 saturated carbocycles. The number of piperidine rings is 1. The number of aliphatic hydroxyl groups is 1. The fourth-order valence-corrected chi connectivity index (χ4v) is 2.29. The van der Waals surface area contributed by atoms with Crippen LogP contribution in [0.3, 0.4) is 0 Å². The van der Waals surface area contributed by atoms with Crippen LogP contribution in [0.5, 0.6) is 0 Å². The smallest absolute Gasteiger partial charge is 0.251 e. The third-order valence-electron chi connectivity index (χ3n) is 3.38. The maximum absolute atomic E-state index is 11.5. The van der Waals surface area contributed by atoms with E-state index in [-0.39, 0.29) is 12.0 Å². The van der Waals surface area contributed by atoms with E-state index in [1.54, 1.807) is 7.05 Å². The summed E-state index contributed by atoms with van der Waals surface area (Å²) in [5.74, 6) is -0.0501. The summed E-state index contributed by atoms with van der Waals surface area (Å²) in [6, 6.07) is 7.71. The van der Waals surface area contributed by atoms with Gasteiger partial charge in [0.05, 0.1) is 6.10 Å². The molecule has 18 heavy (non-hydrogen) atoms. The van der Waals surface area contributed by atoms with Gasteiger partial charge in [0, 0.05) is 32.2 Å². The molecule has 4 nitrogen and oxygen atoms in total. The van der Waals surface area contributed by atoms with Crippen molar-refractivity contribution in [1.82, 2.24) is 10.2 Å². The molecule has 4 heteroatoms. The minimum atomic E-state index is -0.140. The first kappa shape index (κ1) is 13.1. The molecule has 1 aromatic rings. The van der Waals surface area contributed by atoms with Gasteiger partial charge >= 0.3 is 0 Å². The molecule has 1 aliphatic heterocycles. The molecule has 1 saturated heterocycles. The Labute approximate surface area is 108 Å². The van der Waals surface area contributed by atoms with Crippen LogP contribution in [0.1, 0.15) is 28.8 Å². The van der Waals surface area contributed by atoms with Crippen LogP contribution >= 0.6 is 0 Å².